The fourth-order valence-corrected chi connectivity index (χ4v) is 9.85. The van der Waals surface area contributed by atoms with Crippen molar-refractivity contribution >= 4 is 104 Å². The lowest BCUT2D eigenvalue weighted by atomic mass is 10.0. The molecule has 280 valence electrons. The molecule has 1 fully saturated rings. The zero-order valence-electron chi connectivity index (χ0n) is 30.0. The minimum absolute atomic E-state index is 0.0711. The van der Waals surface area contributed by atoms with E-state index in [1.807, 2.05) is 129 Å². The smallest absolute Gasteiger partial charge is 0.338 e. The van der Waals surface area contributed by atoms with Crippen molar-refractivity contribution in [1.82, 2.24) is 9.13 Å². The van der Waals surface area contributed by atoms with Gasteiger partial charge in [-0.3, -0.25) is 18.9 Å². The van der Waals surface area contributed by atoms with Crippen molar-refractivity contribution in [3.05, 3.63) is 170 Å². The number of hydrogen-bond acceptors (Lipinski definition) is 5. The molecule has 7 aromatic rings. The number of carbonyl (C=O) groups excluding carboxylic acids is 1. The van der Waals surface area contributed by atoms with E-state index in [9.17, 15) is 14.7 Å². The number of aliphatic hydroxyl groups is 1. The monoisotopic (exact) mass is 1020 g/mol. The van der Waals surface area contributed by atoms with Crippen molar-refractivity contribution in [2.45, 2.75) is 39.5 Å². The van der Waals surface area contributed by atoms with Crippen LogP contribution in [0.4, 0.5) is 16.2 Å². The third kappa shape index (κ3) is 7.64. The SMILES string of the molecule is Cc1csc(-c2c(C)n(-c3ccc(Br)cc3)c(=O)n2-c2ccc(Br)cc2)c1.Cc1csc(C2(O)C(C)N(c3ccc(Br)cc3)C(=O)N2c2ccc(Br)cc2)c1. The number of aromatic nitrogens is 2. The molecule has 8 rings (SSSR count). The van der Waals surface area contributed by atoms with Gasteiger partial charge in [-0.15, -0.1) is 22.7 Å². The number of anilines is 2. The van der Waals surface area contributed by atoms with Crippen LogP contribution in [0.1, 0.15) is 28.6 Å². The molecule has 0 radical (unpaired) electrons. The van der Waals surface area contributed by atoms with E-state index in [4.69, 9.17) is 0 Å². The minimum Gasteiger partial charge on any atom is -0.364 e. The number of amides is 2. The van der Waals surface area contributed by atoms with Gasteiger partial charge in [-0.25, -0.2) is 9.59 Å². The van der Waals surface area contributed by atoms with Crippen LogP contribution in [-0.4, -0.2) is 26.3 Å². The average Bonchev–Trinajstić information content (AvgIpc) is 3.91. The number of thiophene rings is 2. The summed E-state index contributed by atoms with van der Waals surface area (Å²) in [6.45, 7) is 7.95. The second-order valence-electron chi connectivity index (χ2n) is 13.2. The molecule has 13 heteroatoms. The number of carbonyl (C=O) groups is 1. The molecule has 0 bridgehead atoms. The van der Waals surface area contributed by atoms with Crippen molar-refractivity contribution in [1.29, 1.82) is 0 Å². The van der Waals surface area contributed by atoms with Crippen LogP contribution in [0, 0.1) is 20.8 Å². The van der Waals surface area contributed by atoms with Crippen LogP contribution in [0.15, 0.2) is 143 Å². The predicted octanol–water partition coefficient (Wildman–Crippen LogP) is 12.8. The van der Waals surface area contributed by atoms with E-state index >= 15 is 0 Å². The first-order valence-electron chi connectivity index (χ1n) is 17.1. The Labute approximate surface area is 361 Å². The first kappa shape index (κ1) is 39.7. The highest BCUT2D eigenvalue weighted by Crippen LogP contribution is 2.46. The van der Waals surface area contributed by atoms with Crippen molar-refractivity contribution in [2.75, 3.05) is 9.80 Å². The molecule has 3 aromatic heterocycles. The number of imidazole rings is 1. The number of nitrogens with zero attached hydrogens (tertiary/aromatic N) is 4. The highest BCUT2D eigenvalue weighted by molar-refractivity contribution is 9.11. The molecule has 1 N–H and O–H groups in total. The van der Waals surface area contributed by atoms with E-state index < -0.39 is 11.8 Å². The molecule has 4 aromatic carbocycles. The Hall–Kier alpha value is -3.56. The summed E-state index contributed by atoms with van der Waals surface area (Å²) >= 11 is 16.9. The minimum atomic E-state index is -1.48. The molecule has 7 nitrogen and oxygen atoms in total. The van der Waals surface area contributed by atoms with Crippen LogP contribution in [0.3, 0.4) is 0 Å². The maximum atomic E-state index is 13.6. The Morgan fingerprint density at radius 1 is 0.600 bits per heavy atom. The summed E-state index contributed by atoms with van der Waals surface area (Å²) in [5.74, 6) is 0. The Morgan fingerprint density at radius 2 is 1.04 bits per heavy atom. The van der Waals surface area contributed by atoms with E-state index in [-0.39, 0.29) is 11.7 Å². The van der Waals surface area contributed by atoms with Crippen molar-refractivity contribution < 1.29 is 9.90 Å². The third-order valence-corrected chi connectivity index (χ3v) is 13.7. The highest BCUT2D eigenvalue weighted by atomic mass is 79.9. The number of urea groups is 1. The summed E-state index contributed by atoms with van der Waals surface area (Å²) in [5, 5.41) is 16.0. The molecule has 4 heterocycles. The molecule has 1 aliphatic rings. The summed E-state index contributed by atoms with van der Waals surface area (Å²) < 4.78 is 7.39. The van der Waals surface area contributed by atoms with Crippen LogP contribution in [0.2, 0.25) is 0 Å². The average molecular weight is 1030 g/mol. The molecule has 55 heavy (non-hydrogen) atoms. The number of halogens is 4. The summed E-state index contributed by atoms with van der Waals surface area (Å²) in [6.07, 6.45) is 0. The lowest BCUT2D eigenvalue weighted by molar-refractivity contribution is 0.0409. The van der Waals surface area contributed by atoms with Gasteiger partial charge in [0.2, 0.25) is 5.72 Å². The second-order valence-corrected chi connectivity index (χ2v) is 18.6. The van der Waals surface area contributed by atoms with Crippen LogP contribution in [0.25, 0.3) is 21.9 Å². The Morgan fingerprint density at radius 3 is 1.49 bits per heavy atom. The first-order valence-corrected chi connectivity index (χ1v) is 22.1. The largest absolute Gasteiger partial charge is 0.364 e. The van der Waals surface area contributed by atoms with Crippen LogP contribution in [0.5, 0.6) is 0 Å². The summed E-state index contributed by atoms with van der Waals surface area (Å²) in [6, 6.07) is 33.9. The Bertz CT molecular complexity index is 2540. The van der Waals surface area contributed by atoms with Gasteiger partial charge in [-0.05, 0) is 159 Å². The normalized spacial score (nSPS) is 16.7. The predicted molar refractivity (Wildman–Crippen MR) is 241 cm³/mol. The molecule has 2 atom stereocenters. The van der Waals surface area contributed by atoms with Gasteiger partial charge in [0.25, 0.3) is 0 Å². The lowest BCUT2D eigenvalue weighted by Crippen LogP contribution is -2.47. The van der Waals surface area contributed by atoms with Gasteiger partial charge in [0, 0.05) is 29.3 Å². The van der Waals surface area contributed by atoms with Crippen molar-refractivity contribution in [2.24, 2.45) is 0 Å². The maximum absolute atomic E-state index is 13.6. The van der Waals surface area contributed by atoms with Gasteiger partial charge in [-0.1, -0.05) is 63.7 Å². The van der Waals surface area contributed by atoms with Crippen molar-refractivity contribution in [3.8, 4) is 21.9 Å². The number of rotatable bonds is 6. The lowest BCUT2D eigenvalue weighted by Gasteiger charge is -2.34. The second kappa shape index (κ2) is 16.1. The van der Waals surface area contributed by atoms with Gasteiger partial charge in [0.15, 0.2) is 0 Å². The summed E-state index contributed by atoms with van der Waals surface area (Å²) in [4.78, 5) is 32.0. The van der Waals surface area contributed by atoms with E-state index in [1.54, 1.807) is 25.4 Å². The number of benzene rings is 4. The van der Waals surface area contributed by atoms with Gasteiger partial charge in [-0.2, -0.15) is 0 Å². The Kier molecular flexibility index (Phi) is 11.6. The third-order valence-electron chi connectivity index (χ3n) is 9.41. The van der Waals surface area contributed by atoms with Gasteiger partial charge >= 0.3 is 11.7 Å². The van der Waals surface area contributed by atoms with Crippen LogP contribution >= 0.6 is 86.4 Å². The Balaban J connectivity index is 0.000000169. The van der Waals surface area contributed by atoms with Gasteiger partial charge in [0.1, 0.15) is 0 Å². The summed E-state index contributed by atoms with van der Waals surface area (Å²) in [7, 11) is 0. The first-order chi connectivity index (χ1) is 26.3. The van der Waals surface area contributed by atoms with E-state index in [0.29, 0.717) is 5.69 Å². The zero-order valence-corrected chi connectivity index (χ0v) is 38.0. The van der Waals surface area contributed by atoms with E-state index in [2.05, 4.69) is 82.1 Å². The molecule has 1 saturated heterocycles. The number of aryl methyl sites for hydroxylation is 2. The standard InChI is InChI=1S/C21H18Br2N2O2S.C21H16Br2N2OS/c1-13-11-19(28-12-13)21(27)14(2)24(17-7-3-15(22)4-8-17)20(26)25(21)18-9-5-16(23)6-10-18;1-13-11-19(27-12-13)20-14(2)24(17-7-3-15(22)4-8-17)21(26)25(20)18-9-5-16(23)6-10-18/h3-12,14,27H,1-2H3;3-12H,1-2H3. The van der Waals surface area contributed by atoms with Crippen LogP contribution < -0.4 is 15.5 Å². The van der Waals surface area contributed by atoms with Crippen molar-refractivity contribution in [3.63, 3.8) is 0 Å². The summed E-state index contributed by atoms with van der Waals surface area (Å²) in [5.41, 5.74) is 5.66. The molecular formula is C42H34Br4N4O3S2. The van der Waals surface area contributed by atoms with Gasteiger partial charge < -0.3 is 5.11 Å². The molecular weight excluding hydrogens is 992 g/mol. The molecule has 2 unspecified atom stereocenters. The highest BCUT2D eigenvalue weighted by Gasteiger charge is 2.57. The molecule has 0 spiro atoms. The topological polar surface area (TPSA) is 70.7 Å². The zero-order chi connectivity index (χ0) is 39.2. The molecule has 0 aliphatic carbocycles. The van der Waals surface area contributed by atoms with Crippen LogP contribution in [-0.2, 0) is 5.72 Å². The van der Waals surface area contributed by atoms with E-state index in [1.165, 1.54) is 21.8 Å². The van der Waals surface area contributed by atoms with Gasteiger partial charge in [0.05, 0.1) is 38.6 Å². The fourth-order valence-electron chi connectivity index (χ4n) is 6.73. The molecule has 0 saturated carbocycles. The maximum Gasteiger partial charge on any atom is 0.338 e. The molecule has 1 aliphatic heterocycles. The fraction of sp³-hybridized carbons (Fsp3) is 0.143. The molecule has 2 amide bonds. The van der Waals surface area contributed by atoms with E-state index in [0.717, 1.165) is 61.7 Å². The quantitative estimate of drug-likeness (QED) is 0.180. The number of hydrogen-bond donors (Lipinski definition) is 1.